The second kappa shape index (κ2) is 46.9. The third-order valence-electron chi connectivity index (χ3n) is 12.6. The summed E-state index contributed by atoms with van der Waals surface area (Å²) >= 11 is 0. The minimum atomic E-state index is -0.761. The second-order valence-corrected chi connectivity index (χ2v) is 19.2. The zero-order valence-corrected chi connectivity index (χ0v) is 41.1. The first-order valence-electron chi connectivity index (χ1n) is 26.8. The number of carbonyl (C=O) groups is 3. The van der Waals surface area contributed by atoms with Crippen molar-refractivity contribution < 1.29 is 28.6 Å². The molecule has 0 saturated heterocycles. The lowest BCUT2D eigenvalue weighted by Gasteiger charge is -2.18. The van der Waals surface area contributed by atoms with Gasteiger partial charge in [0.15, 0.2) is 6.10 Å². The molecule has 0 fully saturated rings. The number of hydrogen-bond donors (Lipinski definition) is 0. The summed E-state index contributed by atoms with van der Waals surface area (Å²) in [6, 6.07) is 0. The molecule has 0 spiro atoms. The van der Waals surface area contributed by atoms with Crippen LogP contribution in [0.3, 0.4) is 0 Å². The second-order valence-electron chi connectivity index (χ2n) is 19.2. The van der Waals surface area contributed by atoms with Crippen LogP contribution in [0.25, 0.3) is 0 Å². The zero-order valence-electron chi connectivity index (χ0n) is 41.1. The predicted octanol–water partition coefficient (Wildman–Crippen LogP) is 17.3. The van der Waals surface area contributed by atoms with Crippen LogP contribution in [0.4, 0.5) is 0 Å². The van der Waals surface area contributed by atoms with Gasteiger partial charge in [0, 0.05) is 19.3 Å². The van der Waals surface area contributed by atoms with Gasteiger partial charge in [0.2, 0.25) is 0 Å². The average molecular weight is 849 g/mol. The fourth-order valence-electron chi connectivity index (χ4n) is 8.13. The van der Waals surface area contributed by atoms with Gasteiger partial charge in [-0.3, -0.25) is 14.4 Å². The van der Waals surface area contributed by atoms with Crippen LogP contribution in [0, 0.1) is 11.8 Å². The minimum Gasteiger partial charge on any atom is -0.462 e. The van der Waals surface area contributed by atoms with Crippen molar-refractivity contribution in [3.05, 3.63) is 0 Å². The van der Waals surface area contributed by atoms with Crippen molar-refractivity contribution in [3.8, 4) is 0 Å². The molecular formula is C54H104O6. The number of esters is 3. The normalized spacial score (nSPS) is 12.5. The Morgan fingerprint density at radius 3 is 0.950 bits per heavy atom. The van der Waals surface area contributed by atoms with E-state index >= 15 is 0 Å². The Hall–Kier alpha value is -1.59. The van der Waals surface area contributed by atoms with Gasteiger partial charge in [-0.25, -0.2) is 0 Å². The van der Waals surface area contributed by atoms with Gasteiger partial charge in [-0.1, -0.05) is 259 Å². The number of ether oxygens (including phenoxy) is 3. The van der Waals surface area contributed by atoms with Gasteiger partial charge in [-0.15, -0.1) is 0 Å². The molecule has 0 aliphatic carbocycles. The molecular weight excluding hydrogens is 745 g/mol. The summed E-state index contributed by atoms with van der Waals surface area (Å²) < 4.78 is 16.8. The van der Waals surface area contributed by atoms with Gasteiger partial charge in [-0.05, 0) is 31.1 Å². The first kappa shape index (κ1) is 58.4. The Bertz CT molecular complexity index is 918. The van der Waals surface area contributed by atoms with Crippen LogP contribution in [0.1, 0.15) is 298 Å². The molecule has 0 heterocycles. The predicted molar refractivity (Wildman–Crippen MR) is 256 cm³/mol. The molecule has 0 amide bonds. The molecule has 0 aliphatic rings. The van der Waals surface area contributed by atoms with Gasteiger partial charge in [0.1, 0.15) is 13.2 Å². The maximum atomic E-state index is 12.8. The summed E-state index contributed by atoms with van der Waals surface area (Å²) in [4.78, 5) is 37.9. The Morgan fingerprint density at radius 2 is 0.633 bits per heavy atom. The maximum absolute atomic E-state index is 12.8. The average Bonchev–Trinajstić information content (AvgIpc) is 3.23. The highest BCUT2D eigenvalue weighted by atomic mass is 16.6. The molecule has 0 N–H and O–H groups in total. The Balaban J connectivity index is 4.27. The van der Waals surface area contributed by atoms with Gasteiger partial charge < -0.3 is 14.2 Å². The van der Waals surface area contributed by atoms with Crippen molar-refractivity contribution in [3.63, 3.8) is 0 Å². The van der Waals surface area contributed by atoms with E-state index < -0.39 is 6.10 Å². The molecule has 0 rings (SSSR count). The summed E-state index contributed by atoms with van der Waals surface area (Å²) in [5.74, 6) is 0.852. The van der Waals surface area contributed by atoms with Crippen molar-refractivity contribution in [2.24, 2.45) is 11.8 Å². The molecule has 0 aromatic rings. The molecule has 0 aromatic heterocycles. The van der Waals surface area contributed by atoms with Gasteiger partial charge in [0.05, 0.1) is 0 Å². The topological polar surface area (TPSA) is 78.9 Å². The summed E-state index contributed by atoms with van der Waals surface area (Å²) in [5, 5.41) is 0. The van der Waals surface area contributed by atoms with Crippen LogP contribution in [0.15, 0.2) is 0 Å². The van der Waals surface area contributed by atoms with Crippen molar-refractivity contribution in [2.75, 3.05) is 13.2 Å². The van der Waals surface area contributed by atoms with E-state index in [9.17, 15) is 14.4 Å². The first-order chi connectivity index (χ1) is 29.3. The molecule has 0 saturated carbocycles. The Labute approximate surface area is 374 Å². The van der Waals surface area contributed by atoms with Crippen molar-refractivity contribution in [2.45, 2.75) is 304 Å². The van der Waals surface area contributed by atoms with Crippen molar-refractivity contribution in [1.82, 2.24) is 0 Å². The van der Waals surface area contributed by atoms with Crippen LogP contribution >= 0.6 is 0 Å². The molecule has 0 aliphatic heterocycles. The monoisotopic (exact) mass is 849 g/mol. The van der Waals surface area contributed by atoms with E-state index in [4.69, 9.17) is 14.2 Å². The quantitative estimate of drug-likeness (QED) is 0.0345. The van der Waals surface area contributed by atoms with E-state index in [-0.39, 0.29) is 31.1 Å². The van der Waals surface area contributed by atoms with E-state index in [1.807, 2.05) is 0 Å². The molecule has 2 atom stereocenters. The lowest BCUT2D eigenvalue weighted by atomic mass is 9.99. The van der Waals surface area contributed by atoms with E-state index in [1.54, 1.807) is 0 Å². The van der Waals surface area contributed by atoms with E-state index in [0.29, 0.717) is 19.3 Å². The highest BCUT2D eigenvalue weighted by molar-refractivity contribution is 5.71. The number of rotatable bonds is 48. The molecule has 60 heavy (non-hydrogen) atoms. The Kier molecular flexibility index (Phi) is 45.7. The molecule has 0 aromatic carbocycles. The number of carbonyl (C=O) groups excluding carboxylic acids is 3. The summed E-state index contributed by atoms with van der Waals surface area (Å²) in [5.41, 5.74) is 0. The van der Waals surface area contributed by atoms with Crippen molar-refractivity contribution in [1.29, 1.82) is 0 Å². The third kappa shape index (κ3) is 45.9. The van der Waals surface area contributed by atoms with E-state index in [0.717, 1.165) is 69.6 Å². The van der Waals surface area contributed by atoms with E-state index in [1.165, 1.54) is 186 Å². The van der Waals surface area contributed by atoms with Gasteiger partial charge in [0.25, 0.3) is 0 Å². The Morgan fingerprint density at radius 1 is 0.350 bits per heavy atom. The molecule has 6 nitrogen and oxygen atoms in total. The standard InChI is InChI=1S/C54H104O6/c1-6-8-9-10-11-12-19-23-29-34-39-44-52(55)58-47-51(48-59-53(56)45-40-35-30-26-25-28-33-38-43-50(5)7-2)60-54(57)46-41-36-31-24-21-18-16-14-13-15-17-20-22-27-32-37-42-49(3)4/h49-51H,6-48H2,1-5H3/t50?,51-/m1/s1. The molecule has 1 unspecified atom stereocenters. The summed E-state index contributed by atoms with van der Waals surface area (Å²) in [7, 11) is 0. The SMILES string of the molecule is CCCCCCCCCCCCCC(=O)OC[C@H](COC(=O)CCCCCCCCCCC(C)CC)OC(=O)CCCCCCCCCCCCCCCCCCC(C)C. The molecule has 0 radical (unpaired) electrons. The zero-order chi connectivity index (χ0) is 44.0. The van der Waals surface area contributed by atoms with Crippen LogP contribution in [-0.2, 0) is 28.6 Å². The highest BCUT2D eigenvalue weighted by Crippen LogP contribution is 2.18. The maximum Gasteiger partial charge on any atom is 0.306 e. The highest BCUT2D eigenvalue weighted by Gasteiger charge is 2.19. The summed E-state index contributed by atoms with van der Waals surface area (Å²) in [6.07, 6.45) is 48.0. The molecule has 356 valence electrons. The number of hydrogen-bond acceptors (Lipinski definition) is 6. The summed E-state index contributed by atoms with van der Waals surface area (Å²) in [6.45, 7) is 11.4. The van der Waals surface area contributed by atoms with Crippen LogP contribution < -0.4 is 0 Å². The lowest BCUT2D eigenvalue weighted by Crippen LogP contribution is -2.30. The van der Waals surface area contributed by atoms with Crippen LogP contribution in [-0.4, -0.2) is 37.2 Å². The van der Waals surface area contributed by atoms with Gasteiger partial charge in [-0.2, -0.15) is 0 Å². The fraction of sp³-hybridized carbons (Fsp3) is 0.944. The first-order valence-corrected chi connectivity index (χ1v) is 26.8. The van der Waals surface area contributed by atoms with Crippen LogP contribution in [0.5, 0.6) is 0 Å². The smallest absolute Gasteiger partial charge is 0.306 e. The molecule has 6 heteroatoms. The molecule has 0 bridgehead atoms. The van der Waals surface area contributed by atoms with Crippen molar-refractivity contribution >= 4 is 17.9 Å². The third-order valence-corrected chi connectivity index (χ3v) is 12.6. The van der Waals surface area contributed by atoms with Gasteiger partial charge >= 0.3 is 17.9 Å². The van der Waals surface area contributed by atoms with Crippen LogP contribution in [0.2, 0.25) is 0 Å². The fourth-order valence-corrected chi connectivity index (χ4v) is 8.13. The minimum absolute atomic E-state index is 0.0637. The largest absolute Gasteiger partial charge is 0.462 e. The number of unbranched alkanes of at least 4 members (excludes halogenated alkanes) is 32. The lowest BCUT2D eigenvalue weighted by molar-refractivity contribution is -0.167. The van der Waals surface area contributed by atoms with E-state index in [2.05, 4.69) is 34.6 Å².